The molecule has 0 amide bonds. The second-order valence-corrected chi connectivity index (χ2v) is 5.19. The number of ether oxygens (including phenoxy) is 1. The van der Waals surface area contributed by atoms with Crippen molar-refractivity contribution in [2.75, 3.05) is 30.8 Å². The Balaban J connectivity index is 2.96. The summed E-state index contributed by atoms with van der Waals surface area (Å²) in [7, 11) is 1.37. The molecule has 0 aliphatic carbocycles. The number of carbonyl (C=O) groups excluding carboxylic acids is 1. The molecule has 0 radical (unpaired) electrons. The molecule has 0 saturated carbocycles. The second kappa shape index (κ2) is 7.99. The molecular weight excluding hydrogens is 262 g/mol. The van der Waals surface area contributed by atoms with Crippen LogP contribution in [0.25, 0.3) is 0 Å². The van der Waals surface area contributed by atoms with Gasteiger partial charge in [0.2, 0.25) is 0 Å². The Morgan fingerprint density at radius 1 is 1.32 bits per heavy atom. The average Bonchev–Trinajstić information content (AvgIpc) is 2.80. The third-order valence-corrected chi connectivity index (χ3v) is 3.86. The summed E-state index contributed by atoms with van der Waals surface area (Å²) in [4.78, 5) is 14.0. The highest BCUT2D eigenvalue weighted by molar-refractivity contribution is 7.11. The van der Waals surface area contributed by atoms with Gasteiger partial charge in [0.05, 0.1) is 7.11 Å². The minimum atomic E-state index is -0.403. The van der Waals surface area contributed by atoms with Crippen LogP contribution in [0.5, 0.6) is 0 Å². The summed E-state index contributed by atoms with van der Waals surface area (Å²) in [6, 6.07) is 0. The van der Waals surface area contributed by atoms with E-state index in [9.17, 15) is 4.79 Å². The fraction of sp³-hybridized carbons (Fsp3) is 0.692. The van der Waals surface area contributed by atoms with Gasteiger partial charge in [0, 0.05) is 13.1 Å². The molecule has 0 unspecified atom stereocenters. The number of hydrogen-bond donors (Lipinski definition) is 1. The second-order valence-electron chi connectivity index (χ2n) is 4.43. The molecule has 1 aromatic rings. The minimum absolute atomic E-state index is 0.268. The van der Waals surface area contributed by atoms with E-state index in [1.54, 1.807) is 0 Å². The van der Waals surface area contributed by atoms with Crippen LogP contribution in [0.15, 0.2) is 0 Å². The highest BCUT2D eigenvalue weighted by atomic mass is 32.1. The number of carbonyl (C=O) groups is 1. The van der Waals surface area contributed by atoms with Crippen LogP contribution < -0.4 is 10.6 Å². The van der Waals surface area contributed by atoms with E-state index in [2.05, 4.69) is 23.1 Å². The van der Waals surface area contributed by atoms with E-state index in [1.807, 2.05) is 0 Å². The van der Waals surface area contributed by atoms with Crippen LogP contribution in [-0.2, 0) is 4.74 Å². The van der Waals surface area contributed by atoms with E-state index in [1.165, 1.54) is 18.6 Å². The first-order valence-corrected chi connectivity index (χ1v) is 7.51. The zero-order chi connectivity index (χ0) is 14.3. The predicted octanol–water partition coefficient (Wildman–Crippen LogP) is 2.92. The van der Waals surface area contributed by atoms with Crippen LogP contribution in [0.2, 0.25) is 0 Å². The van der Waals surface area contributed by atoms with Gasteiger partial charge in [0.1, 0.15) is 10.6 Å². The molecule has 0 atom stereocenters. The van der Waals surface area contributed by atoms with Gasteiger partial charge in [-0.1, -0.05) is 26.7 Å². The van der Waals surface area contributed by atoms with Crippen molar-refractivity contribution in [3.63, 3.8) is 0 Å². The molecule has 0 aromatic carbocycles. The van der Waals surface area contributed by atoms with Crippen molar-refractivity contribution >= 4 is 28.3 Å². The maximum absolute atomic E-state index is 11.8. The number of nitrogens with two attached hydrogens (primary N) is 1. The van der Waals surface area contributed by atoms with Crippen molar-refractivity contribution in [1.82, 2.24) is 4.37 Å². The van der Waals surface area contributed by atoms with Gasteiger partial charge >= 0.3 is 5.97 Å². The Bertz CT molecular complexity index is 399. The smallest absolute Gasteiger partial charge is 0.344 e. The molecule has 0 saturated heterocycles. The number of aromatic nitrogens is 1. The number of nitrogens with zero attached hydrogens (tertiary/aromatic N) is 2. The van der Waals surface area contributed by atoms with Gasteiger partial charge in [0.25, 0.3) is 0 Å². The van der Waals surface area contributed by atoms with Gasteiger partial charge < -0.3 is 15.4 Å². The van der Waals surface area contributed by atoms with Gasteiger partial charge in [0.15, 0.2) is 5.82 Å². The lowest BCUT2D eigenvalue weighted by atomic mass is 10.2. The molecule has 5 nitrogen and oxygen atoms in total. The van der Waals surface area contributed by atoms with Crippen molar-refractivity contribution < 1.29 is 9.53 Å². The van der Waals surface area contributed by atoms with Gasteiger partial charge in [-0.25, -0.2) is 4.79 Å². The summed E-state index contributed by atoms with van der Waals surface area (Å²) in [6.45, 7) is 6.14. The van der Waals surface area contributed by atoms with Crippen LogP contribution >= 0.6 is 11.5 Å². The van der Waals surface area contributed by atoms with Crippen LogP contribution in [0.1, 0.15) is 49.9 Å². The fourth-order valence-corrected chi connectivity index (χ4v) is 2.67. The Morgan fingerprint density at radius 2 is 1.89 bits per heavy atom. The number of esters is 1. The maximum atomic E-state index is 11.8. The molecule has 19 heavy (non-hydrogen) atoms. The van der Waals surface area contributed by atoms with Crippen LogP contribution in [0.4, 0.5) is 10.8 Å². The number of anilines is 2. The third kappa shape index (κ3) is 4.09. The summed E-state index contributed by atoms with van der Waals surface area (Å²) in [5.74, 6) is -0.135. The number of nitrogen functional groups attached to an aromatic ring is 1. The molecule has 0 fully saturated rings. The fourth-order valence-electron chi connectivity index (χ4n) is 1.82. The minimum Gasteiger partial charge on any atom is -0.465 e. The summed E-state index contributed by atoms with van der Waals surface area (Å²) >= 11 is 1.28. The van der Waals surface area contributed by atoms with E-state index in [0.717, 1.165) is 43.8 Å². The molecule has 108 valence electrons. The first kappa shape index (κ1) is 15.8. The number of rotatable bonds is 8. The van der Waals surface area contributed by atoms with Gasteiger partial charge in [-0.05, 0) is 24.4 Å². The predicted molar refractivity (Wildman–Crippen MR) is 79.9 cm³/mol. The average molecular weight is 285 g/mol. The van der Waals surface area contributed by atoms with E-state index >= 15 is 0 Å². The van der Waals surface area contributed by atoms with Crippen LogP contribution in [0, 0.1) is 0 Å². The number of methoxy groups -OCH3 is 1. The van der Waals surface area contributed by atoms with E-state index in [-0.39, 0.29) is 5.82 Å². The zero-order valence-electron chi connectivity index (χ0n) is 11.9. The quantitative estimate of drug-likeness (QED) is 0.744. The van der Waals surface area contributed by atoms with Crippen molar-refractivity contribution in [3.05, 3.63) is 5.56 Å². The van der Waals surface area contributed by atoms with E-state index in [0.29, 0.717) is 5.56 Å². The van der Waals surface area contributed by atoms with Crippen LogP contribution in [-0.4, -0.2) is 30.5 Å². The standard InChI is InChI=1S/C13H23N3O2S/c1-4-6-8-16(9-7-5-2)12-10(13(17)18-3)11(14)15-19-12/h4-9H2,1-3H3,(H2,14,15). The molecule has 0 spiro atoms. The highest BCUT2D eigenvalue weighted by Crippen LogP contribution is 2.31. The van der Waals surface area contributed by atoms with Gasteiger partial charge in [-0.3, -0.25) is 0 Å². The van der Waals surface area contributed by atoms with Crippen molar-refractivity contribution in [3.8, 4) is 0 Å². The molecule has 1 aromatic heterocycles. The summed E-state index contributed by atoms with van der Waals surface area (Å²) in [5.41, 5.74) is 6.20. The first-order chi connectivity index (χ1) is 9.15. The molecule has 1 heterocycles. The lowest BCUT2D eigenvalue weighted by Crippen LogP contribution is -2.26. The maximum Gasteiger partial charge on any atom is 0.344 e. The normalized spacial score (nSPS) is 10.5. The molecule has 0 aliphatic rings. The Morgan fingerprint density at radius 3 is 2.37 bits per heavy atom. The highest BCUT2D eigenvalue weighted by Gasteiger charge is 2.23. The summed E-state index contributed by atoms with van der Waals surface area (Å²) in [5, 5.41) is 0.839. The third-order valence-electron chi connectivity index (χ3n) is 2.94. The van der Waals surface area contributed by atoms with Crippen molar-refractivity contribution in [1.29, 1.82) is 0 Å². The summed E-state index contributed by atoms with van der Waals surface area (Å²) < 4.78 is 8.90. The molecule has 2 N–H and O–H groups in total. The lowest BCUT2D eigenvalue weighted by molar-refractivity contribution is 0.0603. The van der Waals surface area contributed by atoms with E-state index in [4.69, 9.17) is 10.5 Å². The van der Waals surface area contributed by atoms with E-state index < -0.39 is 5.97 Å². The van der Waals surface area contributed by atoms with Gasteiger partial charge in [-0.2, -0.15) is 4.37 Å². The molecule has 0 bridgehead atoms. The van der Waals surface area contributed by atoms with Crippen molar-refractivity contribution in [2.24, 2.45) is 0 Å². The van der Waals surface area contributed by atoms with Crippen molar-refractivity contribution in [2.45, 2.75) is 39.5 Å². The largest absolute Gasteiger partial charge is 0.465 e. The van der Waals surface area contributed by atoms with Gasteiger partial charge in [-0.15, -0.1) is 0 Å². The molecule has 1 rings (SSSR count). The monoisotopic (exact) mass is 285 g/mol. The molecule has 6 heteroatoms. The number of unbranched alkanes of at least 4 members (excludes halogenated alkanes) is 2. The molecular formula is C13H23N3O2S. The zero-order valence-corrected chi connectivity index (χ0v) is 12.8. The number of hydrogen-bond acceptors (Lipinski definition) is 6. The Hall–Kier alpha value is -1.30. The topological polar surface area (TPSA) is 68.5 Å². The summed E-state index contributed by atoms with van der Waals surface area (Å²) in [6.07, 6.45) is 4.40. The Labute approximate surface area is 118 Å². The Kier molecular flexibility index (Phi) is 6.62. The first-order valence-electron chi connectivity index (χ1n) is 6.74. The lowest BCUT2D eigenvalue weighted by Gasteiger charge is -2.23. The molecule has 0 aliphatic heterocycles. The van der Waals surface area contributed by atoms with Crippen LogP contribution in [0.3, 0.4) is 0 Å². The SMILES string of the molecule is CCCCN(CCCC)c1snc(N)c1C(=O)OC.